The van der Waals surface area contributed by atoms with Crippen LogP contribution in [-0.4, -0.2) is 30.4 Å². The minimum Gasteiger partial charge on any atom is -0.337 e. The topological polar surface area (TPSA) is 32.3 Å². The third-order valence-electron chi connectivity index (χ3n) is 6.10. The van der Waals surface area contributed by atoms with Gasteiger partial charge in [-0.2, -0.15) is 0 Å². The Kier molecular flexibility index (Phi) is 3.65. The van der Waals surface area contributed by atoms with Crippen molar-refractivity contribution in [2.45, 2.75) is 40.7 Å². The number of nitrogens with zero attached hydrogens (tertiary/aromatic N) is 1. The van der Waals surface area contributed by atoms with Gasteiger partial charge in [0.1, 0.15) is 0 Å². The molecule has 0 unspecified atom stereocenters. The van der Waals surface area contributed by atoms with Crippen LogP contribution in [0.15, 0.2) is 11.4 Å². The van der Waals surface area contributed by atoms with Gasteiger partial charge in [0.2, 0.25) is 5.91 Å². The van der Waals surface area contributed by atoms with Crippen molar-refractivity contribution in [2.24, 2.45) is 16.7 Å². The summed E-state index contributed by atoms with van der Waals surface area (Å²) in [5, 5.41) is 5.52. The molecule has 0 saturated heterocycles. The fraction of sp³-hybridized carbons (Fsp3) is 0.706. The highest BCUT2D eigenvalue weighted by molar-refractivity contribution is 7.10. The van der Waals surface area contributed by atoms with Gasteiger partial charge in [0.25, 0.3) is 0 Å². The van der Waals surface area contributed by atoms with Crippen molar-refractivity contribution in [3.8, 4) is 0 Å². The van der Waals surface area contributed by atoms with Crippen LogP contribution < -0.4 is 5.32 Å². The van der Waals surface area contributed by atoms with E-state index in [1.807, 2.05) is 16.2 Å². The zero-order valence-electron chi connectivity index (χ0n) is 13.5. The van der Waals surface area contributed by atoms with Crippen LogP contribution in [0.4, 0.5) is 0 Å². The Labute approximate surface area is 131 Å². The standard InChI is InChI=1S/C17H26N2OS/c1-16(2)14(17(16,3)4)9-18-10-15(20)19-7-5-13-12(11-19)6-8-21-13/h6,8,14,18H,5,7,9-11H2,1-4H3. The van der Waals surface area contributed by atoms with Crippen molar-refractivity contribution in [3.63, 3.8) is 0 Å². The second kappa shape index (κ2) is 5.10. The molecular formula is C17H26N2OS. The van der Waals surface area contributed by atoms with Gasteiger partial charge in [-0.3, -0.25) is 4.79 Å². The van der Waals surface area contributed by atoms with E-state index in [1.165, 1.54) is 10.4 Å². The number of rotatable bonds is 4. The summed E-state index contributed by atoms with van der Waals surface area (Å²) < 4.78 is 0. The molecule has 1 amide bonds. The quantitative estimate of drug-likeness (QED) is 0.927. The lowest BCUT2D eigenvalue weighted by Crippen LogP contribution is -2.41. The highest BCUT2D eigenvalue weighted by Crippen LogP contribution is 2.67. The van der Waals surface area contributed by atoms with E-state index in [0.29, 0.717) is 23.3 Å². The summed E-state index contributed by atoms with van der Waals surface area (Å²) in [5.74, 6) is 0.908. The Morgan fingerprint density at radius 2 is 2.10 bits per heavy atom. The first-order valence-electron chi connectivity index (χ1n) is 7.88. The van der Waals surface area contributed by atoms with Crippen LogP contribution in [0.2, 0.25) is 0 Å². The van der Waals surface area contributed by atoms with Crippen molar-refractivity contribution in [2.75, 3.05) is 19.6 Å². The normalized spacial score (nSPS) is 23.0. The van der Waals surface area contributed by atoms with Gasteiger partial charge in [0.05, 0.1) is 6.54 Å². The second-order valence-electron chi connectivity index (χ2n) is 7.56. The minimum absolute atomic E-state index is 0.239. The van der Waals surface area contributed by atoms with Crippen LogP contribution in [0, 0.1) is 16.7 Å². The molecule has 21 heavy (non-hydrogen) atoms. The summed E-state index contributed by atoms with van der Waals surface area (Å²) in [5.41, 5.74) is 2.11. The first-order chi connectivity index (χ1) is 9.84. The first kappa shape index (κ1) is 15.0. The van der Waals surface area contributed by atoms with Gasteiger partial charge in [0.15, 0.2) is 0 Å². The third-order valence-corrected chi connectivity index (χ3v) is 7.13. The van der Waals surface area contributed by atoms with Gasteiger partial charge in [0, 0.05) is 18.0 Å². The molecule has 116 valence electrons. The predicted molar refractivity (Wildman–Crippen MR) is 87.4 cm³/mol. The molecule has 2 aliphatic rings. The van der Waals surface area contributed by atoms with E-state index in [2.05, 4.69) is 44.5 Å². The predicted octanol–water partition coefficient (Wildman–Crippen LogP) is 2.90. The minimum atomic E-state index is 0.239. The van der Waals surface area contributed by atoms with Gasteiger partial charge in [-0.1, -0.05) is 27.7 Å². The van der Waals surface area contributed by atoms with Gasteiger partial charge in [-0.05, 0) is 46.7 Å². The molecule has 1 N–H and O–H groups in total. The lowest BCUT2D eigenvalue weighted by Gasteiger charge is -2.27. The van der Waals surface area contributed by atoms with Crippen molar-refractivity contribution in [3.05, 3.63) is 21.9 Å². The Hall–Kier alpha value is -0.870. The van der Waals surface area contributed by atoms with Crippen LogP contribution >= 0.6 is 11.3 Å². The SMILES string of the molecule is CC1(C)C(CNCC(=O)N2CCc3sccc3C2)C1(C)C. The van der Waals surface area contributed by atoms with Crippen molar-refractivity contribution in [1.29, 1.82) is 0 Å². The molecule has 3 nitrogen and oxygen atoms in total. The Bertz CT molecular complexity index is 533. The molecule has 0 atom stereocenters. The summed E-state index contributed by atoms with van der Waals surface area (Å²) in [4.78, 5) is 15.8. The average Bonchev–Trinajstić information content (AvgIpc) is 2.80. The zero-order chi connectivity index (χ0) is 15.3. The molecule has 1 aromatic heterocycles. The zero-order valence-corrected chi connectivity index (χ0v) is 14.3. The molecule has 0 spiro atoms. The molecule has 4 heteroatoms. The Balaban J connectivity index is 1.46. The van der Waals surface area contributed by atoms with Gasteiger partial charge in [-0.15, -0.1) is 11.3 Å². The van der Waals surface area contributed by atoms with E-state index in [9.17, 15) is 4.79 Å². The van der Waals surface area contributed by atoms with Crippen molar-refractivity contribution >= 4 is 17.2 Å². The largest absolute Gasteiger partial charge is 0.337 e. The summed E-state index contributed by atoms with van der Waals surface area (Å²) in [7, 11) is 0. The molecule has 1 fully saturated rings. The maximum Gasteiger partial charge on any atom is 0.236 e. The number of fused-ring (bicyclic) bond motifs is 1. The number of hydrogen-bond acceptors (Lipinski definition) is 3. The van der Waals surface area contributed by atoms with E-state index in [1.54, 1.807) is 0 Å². The Morgan fingerprint density at radius 3 is 2.76 bits per heavy atom. The van der Waals surface area contributed by atoms with Crippen LogP contribution in [0.1, 0.15) is 38.1 Å². The lowest BCUT2D eigenvalue weighted by atomic mass is 10.0. The Morgan fingerprint density at radius 1 is 1.38 bits per heavy atom. The van der Waals surface area contributed by atoms with E-state index in [4.69, 9.17) is 0 Å². The molecule has 1 saturated carbocycles. The van der Waals surface area contributed by atoms with Crippen LogP contribution in [0.5, 0.6) is 0 Å². The highest BCUT2D eigenvalue weighted by Gasteiger charge is 2.63. The molecule has 2 heterocycles. The lowest BCUT2D eigenvalue weighted by molar-refractivity contribution is -0.131. The number of carbonyl (C=O) groups excluding carboxylic acids is 1. The summed E-state index contributed by atoms with van der Waals surface area (Å²) in [6.07, 6.45) is 1.02. The van der Waals surface area contributed by atoms with Gasteiger partial charge >= 0.3 is 0 Å². The highest BCUT2D eigenvalue weighted by atomic mass is 32.1. The fourth-order valence-corrected chi connectivity index (χ4v) is 4.63. The summed E-state index contributed by atoms with van der Waals surface area (Å²) in [6.45, 7) is 12.4. The molecule has 1 aromatic rings. The molecule has 1 aliphatic heterocycles. The van der Waals surface area contributed by atoms with E-state index in [0.717, 1.165) is 26.1 Å². The van der Waals surface area contributed by atoms with Gasteiger partial charge < -0.3 is 10.2 Å². The third kappa shape index (κ3) is 2.53. The maximum atomic E-state index is 12.3. The van der Waals surface area contributed by atoms with Crippen molar-refractivity contribution < 1.29 is 4.79 Å². The number of hydrogen-bond donors (Lipinski definition) is 1. The van der Waals surface area contributed by atoms with E-state index >= 15 is 0 Å². The summed E-state index contributed by atoms with van der Waals surface area (Å²) >= 11 is 1.82. The van der Waals surface area contributed by atoms with Crippen LogP contribution in [0.3, 0.4) is 0 Å². The molecule has 1 aliphatic carbocycles. The molecule has 0 bridgehead atoms. The van der Waals surface area contributed by atoms with Gasteiger partial charge in [-0.25, -0.2) is 0 Å². The molecule has 0 radical (unpaired) electrons. The van der Waals surface area contributed by atoms with E-state index in [-0.39, 0.29) is 5.91 Å². The maximum absolute atomic E-state index is 12.3. The van der Waals surface area contributed by atoms with Crippen molar-refractivity contribution in [1.82, 2.24) is 10.2 Å². The molecule has 3 rings (SSSR count). The number of thiophene rings is 1. The number of nitrogens with one attached hydrogen (secondary N) is 1. The number of amides is 1. The van der Waals surface area contributed by atoms with Crippen LogP contribution in [0.25, 0.3) is 0 Å². The second-order valence-corrected chi connectivity index (χ2v) is 8.56. The average molecular weight is 306 g/mol. The summed E-state index contributed by atoms with van der Waals surface area (Å²) in [6, 6.07) is 2.15. The monoisotopic (exact) mass is 306 g/mol. The fourth-order valence-electron chi connectivity index (χ4n) is 3.74. The molecular weight excluding hydrogens is 280 g/mol. The number of carbonyl (C=O) groups is 1. The first-order valence-corrected chi connectivity index (χ1v) is 8.76. The van der Waals surface area contributed by atoms with E-state index < -0.39 is 0 Å². The smallest absolute Gasteiger partial charge is 0.236 e. The molecule has 0 aromatic carbocycles. The van der Waals surface area contributed by atoms with Crippen LogP contribution in [-0.2, 0) is 17.8 Å².